The first-order chi connectivity index (χ1) is 16.8. The molecule has 3 aromatic carbocycles. The summed E-state index contributed by atoms with van der Waals surface area (Å²) in [6.07, 6.45) is 4.08. The van der Waals surface area contributed by atoms with Crippen molar-refractivity contribution in [2.75, 3.05) is 6.61 Å². The molecule has 0 bridgehead atoms. The van der Waals surface area contributed by atoms with Crippen molar-refractivity contribution in [3.8, 4) is 11.1 Å². The predicted molar refractivity (Wildman–Crippen MR) is 122 cm³/mol. The maximum atomic E-state index is 14.8. The van der Waals surface area contributed by atoms with Crippen molar-refractivity contribution in [1.29, 1.82) is 0 Å². The number of rotatable bonds is 7. The SMILES string of the molecule is CCCC1CCC(c2ccc(CCc3ccc(-c4cc(F)c(F)c(F)c4)c(F)c3)c(F)c2F)CO1. The van der Waals surface area contributed by atoms with Gasteiger partial charge in [0.2, 0.25) is 0 Å². The first-order valence-corrected chi connectivity index (χ1v) is 11.8. The largest absolute Gasteiger partial charge is 0.378 e. The van der Waals surface area contributed by atoms with Crippen molar-refractivity contribution in [2.45, 2.75) is 57.5 Å². The van der Waals surface area contributed by atoms with Crippen LogP contribution in [0.2, 0.25) is 0 Å². The van der Waals surface area contributed by atoms with E-state index in [0.29, 0.717) is 17.7 Å². The maximum absolute atomic E-state index is 14.8. The molecular formula is C28H26F6O. The minimum Gasteiger partial charge on any atom is -0.378 e. The van der Waals surface area contributed by atoms with Gasteiger partial charge in [0.05, 0.1) is 12.7 Å². The minimum atomic E-state index is -1.62. The Bertz CT molecular complexity index is 1180. The van der Waals surface area contributed by atoms with Crippen molar-refractivity contribution >= 4 is 0 Å². The lowest BCUT2D eigenvalue weighted by molar-refractivity contribution is -0.00183. The van der Waals surface area contributed by atoms with E-state index in [2.05, 4.69) is 6.92 Å². The van der Waals surface area contributed by atoms with Gasteiger partial charge in [-0.15, -0.1) is 0 Å². The topological polar surface area (TPSA) is 9.23 Å². The molecule has 0 saturated carbocycles. The van der Waals surface area contributed by atoms with Gasteiger partial charge < -0.3 is 4.74 Å². The van der Waals surface area contributed by atoms with E-state index in [1.807, 2.05) is 0 Å². The highest BCUT2D eigenvalue weighted by Gasteiger charge is 2.26. The number of benzene rings is 3. The number of halogens is 6. The van der Waals surface area contributed by atoms with Crippen LogP contribution in [0.1, 0.15) is 55.2 Å². The Labute approximate surface area is 200 Å². The van der Waals surface area contributed by atoms with E-state index >= 15 is 0 Å². The molecule has 0 N–H and O–H groups in total. The van der Waals surface area contributed by atoms with Crippen LogP contribution in [0.25, 0.3) is 11.1 Å². The first kappa shape index (κ1) is 25.3. The maximum Gasteiger partial charge on any atom is 0.194 e. The second-order valence-electron chi connectivity index (χ2n) is 9.03. The van der Waals surface area contributed by atoms with Gasteiger partial charge in [-0.1, -0.05) is 37.6 Å². The smallest absolute Gasteiger partial charge is 0.194 e. The van der Waals surface area contributed by atoms with Gasteiger partial charge in [-0.05, 0) is 72.6 Å². The molecule has 2 atom stereocenters. The Hall–Kier alpha value is -2.80. The van der Waals surface area contributed by atoms with Crippen LogP contribution in [0.5, 0.6) is 0 Å². The molecule has 2 unspecified atom stereocenters. The summed E-state index contributed by atoms with van der Waals surface area (Å²) in [5, 5.41) is 0. The Morgan fingerprint density at radius 2 is 1.51 bits per heavy atom. The van der Waals surface area contributed by atoms with E-state index in [4.69, 9.17) is 4.74 Å². The zero-order valence-corrected chi connectivity index (χ0v) is 19.3. The molecule has 1 heterocycles. The lowest BCUT2D eigenvalue weighted by Gasteiger charge is -2.29. The summed E-state index contributed by atoms with van der Waals surface area (Å²) in [6.45, 7) is 2.45. The van der Waals surface area contributed by atoms with Crippen LogP contribution in [0.15, 0.2) is 42.5 Å². The number of aryl methyl sites for hydroxylation is 2. The summed E-state index contributed by atoms with van der Waals surface area (Å²) in [5.41, 5.74) is 0.765. The molecule has 0 radical (unpaired) electrons. The van der Waals surface area contributed by atoms with E-state index in [-0.39, 0.29) is 41.6 Å². The van der Waals surface area contributed by atoms with Gasteiger partial charge in [-0.25, -0.2) is 26.3 Å². The molecule has 4 rings (SSSR count). The normalized spacial score (nSPS) is 18.1. The van der Waals surface area contributed by atoms with Crippen LogP contribution in [0.4, 0.5) is 26.3 Å². The summed E-state index contributed by atoms with van der Waals surface area (Å²) in [5.74, 6) is -7.17. The molecule has 186 valence electrons. The second kappa shape index (κ2) is 10.9. The summed E-state index contributed by atoms with van der Waals surface area (Å²) in [6, 6.07) is 8.63. The lowest BCUT2D eigenvalue weighted by Crippen LogP contribution is -2.25. The summed E-state index contributed by atoms with van der Waals surface area (Å²) >= 11 is 0. The molecule has 35 heavy (non-hydrogen) atoms. The van der Waals surface area contributed by atoms with Gasteiger partial charge >= 0.3 is 0 Å². The Kier molecular flexibility index (Phi) is 7.85. The number of ether oxygens (including phenoxy) is 1. The fraction of sp³-hybridized carbons (Fsp3) is 0.357. The highest BCUT2D eigenvalue weighted by molar-refractivity contribution is 5.64. The Morgan fingerprint density at radius 3 is 2.14 bits per heavy atom. The van der Waals surface area contributed by atoms with Crippen LogP contribution in [0, 0.1) is 34.9 Å². The Morgan fingerprint density at radius 1 is 0.771 bits per heavy atom. The van der Waals surface area contributed by atoms with Crippen LogP contribution in [-0.2, 0) is 17.6 Å². The monoisotopic (exact) mass is 492 g/mol. The van der Waals surface area contributed by atoms with Gasteiger partial charge in [0.15, 0.2) is 29.1 Å². The van der Waals surface area contributed by atoms with Crippen molar-refractivity contribution < 1.29 is 31.1 Å². The molecule has 0 spiro atoms. The molecular weight excluding hydrogens is 466 g/mol. The average molecular weight is 493 g/mol. The third kappa shape index (κ3) is 5.56. The molecule has 7 heteroatoms. The predicted octanol–water partition coefficient (Wildman–Crippen LogP) is 8.04. The molecule has 1 aliphatic rings. The van der Waals surface area contributed by atoms with E-state index < -0.39 is 34.9 Å². The molecule has 0 aromatic heterocycles. The molecule has 0 aliphatic carbocycles. The van der Waals surface area contributed by atoms with Crippen LogP contribution >= 0.6 is 0 Å². The minimum absolute atomic E-state index is 0.0935. The fourth-order valence-electron chi connectivity index (χ4n) is 4.65. The molecule has 1 aliphatic heterocycles. The van der Waals surface area contributed by atoms with Crippen LogP contribution < -0.4 is 0 Å². The van der Waals surface area contributed by atoms with Crippen molar-refractivity contribution in [3.63, 3.8) is 0 Å². The Balaban J connectivity index is 1.44. The molecule has 1 saturated heterocycles. The highest BCUT2D eigenvalue weighted by atomic mass is 19.2. The van der Waals surface area contributed by atoms with E-state index in [9.17, 15) is 26.3 Å². The van der Waals surface area contributed by atoms with Crippen LogP contribution in [-0.4, -0.2) is 12.7 Å². The highest BCUT2D eigenvalue weighted by Crippen LogP contribution is 2.33. The zero-order chi connectivity index (χ0) is 25.1. The van der Waals surface area contributed by atoms with Crippen molar-refractivity contribution in [2.24, 2.45) is 0 Å². The number of hydrogen-bond acceptors (Lipinski definition) is 1. The fourth-order valence-corrected chi connectivity index (χ4v) is 4.65. The second-order valence-corrected chi connectivity index (χ2v) is 9.03. The molecule has 3 aromatic rings. The van der Waals surface area contributed by atoms with Crippen molar-refractivity contribution in [3.05, 3.63) is 94.1 Å². The summed E-state index contributed by atoms with van der Waals surface area (Å²) in [4.78, 5) is 0. The first-order valence-electron chi connectivity index (χ1n) is 11.8. The van der Waals surface area contributed by atoms with Gasteiger partial charge in [-0.3, -0.25) is 0 Å². The van der Waals surface area contributed by atoms with Crippen molar-refractivity contribution in [1.82, 2.24) is 0 Å². The van der Waals surface area contributed by atoms with Gasteiger partial charge in [0, 0.05) is 11.5 Å². The zero-order valence-electron chi connectivity index (χ0n) is 19.3. The van der Waals surface area contributed by atoms with E-state index in [1.165, 1.54) is 18.2 Å². The third-order valence-electron chi connectivity index (χ3n) is 6.62. The van der Waals surface area contributed by atoms with Crippen LogP contribution in [0.3, 0.4) is 0 Å². The summed E-state index contributed by atoms with van der Waals surface area (Å²) < 4.78 is 90.2. The third-order valence-corrected chi connectivity index (χ3v) is 6.62. The van der Waals surface area contributed by atoms with Gasteiger partial charge in [0.25, 0.3) is 0 Å². The van der Waals surface area contributed by atoms with E-state index in [1.54, 1.807) is 12.1 Å². The molecule has 1 fully saturated rings. The van der Waals surface area contributed by atoms with Gasteiger partial charge in [0.1, 0.15) is 5.82 Å². The molecule has 1 nitrogen and oxygen atoms in total. The van der Waals surface area contributed by atoms with E-state index in [0.717, 1.165) is 37.8 Å². The average Bonchev–Trinajstić information content (AvgIpc) is 2.84. The lowest BCUT2D eigenvalue weighted by atomic mass is 9.89. The standard InChI is InChI=1S/C28H26F6O/c1-2-3-20-9-7-18(15-35-20)22-11-8-17(26(32)27(22)33)6-4-16-5-10-21(23(29)12-16)19-13-24(30)28(34)25(31)14-19/h5,8,10-14,18,20H,2-4,6-7,9,15H2,1H3. The quantitative estimate of drug-likeness (QED) is 0.240. The summed E-state index contributed by atoms with van der Waals surface area (Å²) in [7, 11) is 0. The molecule has 0 amide bonds. The van der Waals surface area contributed by atoms with Gasteiger partial charge in [-0.2, -0.15) is 0 Å². The number of hydrogen-bond donors (Lipinski definition) is 0.